The van der Waals surface area contributed by atoms with Crippen molar-refractivity contribution in [2.24, 2.45) is 0 Å². The molecule has 0 bridgehead atoms. The quantitative estimate of drug-likeness (QED) is 0.789. The Morgan fingerprint density at radius 2 is 1.74 bits per heavy atom. The zero-order valence-electron chi connectivity index (χ0n) is 12.3. The first-order valence-electron chi connectivity index (χ1n) is 6.52. The monoisotopic (exact) mass is 284 g/mol. The summed E-state index contributed by atoms with van der Waals surface area (Å²) < 4.78 is 0. The van der Waals surface area contributed by atoms with Crippen LogP contribution in [0.15, 0.2) is 12.1 Å². The van der Waals surface area contributed by atoms with Gasteiger partial charge in [-0.2, -0.15) is 0 Å². The second-order valence-electron chi connectivity index (χ2n) is 4.86. The smallest absolute Gasteiger partial charge is 0.220 e. The number of rotatable bonds is 6. The van der Waals surface area contributed by atoms with Crippen LogP contribution in [0.2, 0.25) is 0 Å². The summed E-state index contributed by atoms with van der Waals surface area (Å²) in [4.78, 5) is 11.6. The van der Waals surface area contributed by atoms with E-state index < -0.39 is 0 Å². The summed E-state index contributed by atoms with van der Waals surface area (Å²) in [5.41, 5.74) is 5.02. The Hall–Kier alpha value is -1.06. The van der Waals surface area contributed by atoms with Gasteiger partial charge in [0.15, 0.2) is 0 Å². The van der Waals surface area contributed by atoms with Crippen LogP contribution in [0.25, 0.3) is 0 Å². The fourth-order valence-corrected chi connectivity index (χ4v) is 2.19. The maximum Gasteiger partial charge on any atom is 0.220 e. The Morgan fingerprint density at radius 1 is 1.16 bits per heavy atom. The zero-order valence-corrected chi connectivity index (χ0v) is 13.1. The number of hydrogen-bond acceptors (Lipinski definition) is 2. The Balaban J connectivity index is 0.00000324. The molecule has 2 N–H and O–H groups in total. The van der Waals surface area contributed by atoms with Crippen LogP contribution in [0.3, 0.4) is 0 Å². The van der Waals surface area contributed by atoms with Gasteiger partial charge in [0, 0.05) is 13.0 Å². The van der Waals surface area contributed by atoms with Crippen molar-refractivity contribution in [1.29, 1.82) is 0 Å². The molecule has 1 aromatic carbocycles. The average Bonchev–Trinajstić information content (AvgIpc) is 2.27. The lowest BCUT2D eigenvalue weighted by molar-refractivity contribution is -0.121. The molecule has 0 saturated heterocycles. The highest BCUT2D eigenvalue weighted by molar-refractivity contribution is 5.85. The van der Waals surface area contributed by atoms with Crippen LogP contribution in [0, 0.1) is 20.8 Å². The Bertz CT molecular complexity index is 396. The SMILES string of the molecule is CNCCCC(=O)NCc1c(C)cc(C)cc1C.Cl. The molecule has 1 rings (SSSR count). The summed E-state index contributed by atoms with van der Waals surface area (Å²) in [6.45, 7) is 7.82. The molecule has 0 spiro atoms. The molecule has 3 nitrogen and oxygen atoms in total. The summed E-state index contributed by atoms with van der Waals surface area (Å²) in [6.07, 6.45) is 1.47. The van der Waals surface area contributed by atoms with Gasteiger partial charge in [-0.3, -0.25) is 4.79 Å². The van der Waals surface area contributed by atoms with Gasteiger partial charge in [-0.1, -0.05) is 17.7 Å². The van der Waals surface area contributed by atoms with E-state index in [2.05, 4.69) is 43.5 Å². The van der Waals surface area contributed by atoms with Crippen LogP contribution < -0.4 is 10.6 Å². The predicted octanol–water partition coefficient (Wildman–Crippen LogP) is 2.65. The van der Waals surface area contributed by atoms with Crippen molar-refractivity contribution in [1.82, 2.24) is 10.6 Å². The van der Waals surface area contributed by atoms with E-state index in [1.807, 2.05) is 7.05 Å². The second kappa shape index (κ2) is 8.94. The van der Waals surface area contributed by atoms with E-state index in [1.54, 1.807) is 0 Å². The molecule has 0 radical (unpaired) electrons. The molecule has 0 fully saturated rings. The molecule has 0 aromatic heterocycles. The Kier molecular flexibility index (Phi) is 8.44. The maximum absolute atomic E-state index is 11.6. The zero-order chi connectivity index (χ0) is 13.5. The molecule has 108 valence electrons. The molecule has 4 heteroatoms. The minimum Gasteiger partial charge on any atom is -0.352 e. The molecule has 0 aliphatic heterocycles. The third kappa shape index (κ3) is 6.08. The summed E-state index contributed by atoms with van der Waals surface area (Å²) in [6, 6.07) is 4.32. The second-order valence-corrected chi connectivity index (χ2v) is 4.86. The number of carbonyl (C=O) groups excluding carboxylic acids is 1. The number of hydrogen-bond donors (Lipinski definition) is 2. The summed E-state index contributed by atoms with van der Waals surface area (Å²) in [7, 11) is 1.90. The first-order valence-corrected chi connectivity index (χ1v) is 6.52. The van der Waals surface area contributed by atoms with Crippen LogP contribution in [-0.2, 0) is 11.3 Å². The third-order valence-corrected chi connectivity index (χ3v) is 3.13. The predicted molar refractivity (Wildman–Crippen MR) is 82.9 cm³/mol. The number of carbonyl (C=O) groups is 1. The molecule has 0 saturated carbocycles. The van der Waals surface area contributed by atoms with Crippen molar-refractivity contribution in [3.63, 3.8) is 0 Å². The molecule has 0 aliphatic rings. The molecule has 0 aliphatic carbocycles. The van der Waals surface area contributed by atoms with Crippen molar-refractivity contribution in [3.05, 3.63) is 34.4 Å². The van der Waals surface area contributed by atoms with E-state index in [0.717, 1.165) is 13.0 Å². The van der Waals surface area contributed by atoms with Crippen LogP contribution in [-0.4, -0.2) is 19.5 Å². The van der Waals surface area contributed by atoms with Crippen molar-refractivity contribution in [3.8, 4) is 0 Å². The molecule has 19 heavy (non-hydrogen) atoms. The number of benzene rings is 1. The number of nitrogens with one attached hydrogen (secondary N) is 2. The van der Waals surface area contributed by atoms with Gasteiger partial charge >= 0.3 is 0 Å². The van der Waals surface area contributed by atoms with Crippen LogP contribution in [0.4, 0.5) is 0 Å². The first-order chi connectivity index (χ1) is 8.54. The van der Waals surface area contributed by atoms with E-state index in [1.165, 1.54) is 22.3 Å². The van der Waals surface area contributed by atoms with Crippen molar-refractivity contribution in [2.45, 2.75) is 40.2 Å². The van der Waals surface area contributed by atoms with Gasteiger partial charge < -0.3 is 10.6 Å². The Labute approximate surface area is 122 Å². The van der Waals surface area contributed by atoms with Gasteiger partial charge in [0.1, 0.15) is 0 Å². The van der Waals surface area contributed by atoms with Gasteiger partial charge in [-0.15, -0.1) is 12.4 Å². The normalized spacial score (nSPS) is 9.89. The molecule has 1 amide bonds. The summed E-state index contributed by atoms with van der Waals surface area (Å²) in [5.74, 6) is 0.129. The van der Waals surface area contributed by atoms with Crippen LogP contribution >= 0.6 is 12.4 Å². The highest BCUT2D eigenvalue weighted by Crippen LogP contribution is 2.16. The fourth-order valence-electron chi connectivity index (χ4n) is 2.19. The van der Waals surface area contributed by atoms with Gasteiger partial charge in [0.2, 0.25) is 5.91 Å². The van der Waals surface area contributed by atoms with Gasteiger partial charge in [-0.25, -0.2) is 0 Å². The standard InChI is InChI=1S/C15H24N2O.ClH/c1-11-8-12(2)14(13(3)9-11)10-17-15(18)6-5-7-16-4;/h8-9,16H,5-7,10H2,1-4H3,(H,17,18);1H. The van der Waals surface area contributed by atoms with Crippen molar-refractivity contribution < 1.29 is 4.79 Å². The van der Waals surface area contributed by atoms with Gasteiger partial charge in [-0.05, 0) is 57.5 Å². The van der Waals surface area contributed by atoms with Crippen molar-refractivity contribution in [2.75, 3.05) is 13.6 Å². The molecular formula is C15H25ClN2O. The first kappa shape index (κ1) is 17.9. The van der Waals surface area contributed by atoms with Crippen LogP contribution in [0.5, 0.6) is 0 Å². The van der Waals surface area contributed by atoms with Gasteiger partial charge in [0.05, 0.1) is 0 Å². The van der Waals surface area contributed by atoms with Gasteiger partial charge in [0.25, 0.3) is 0 Å². The third-order valence-electron chi connectivity index (χ3n) is 3.13. The van der Waals surface area contributed by atoms with E-state index in [9.17, 15) is 4.79 Å². The van der Waals surface area contributed by atoms with E-state index in [0.29, 0.717) is 13.0 Å². The van der Waals surface area contributed by atoms with E-state index >= 15 is 0 Å². The highest BCUT2D eigenvalue weighted by atomic mass is 35.5. The minimum absolute atomic E-state index is 0. The summed E-state index contributed by atoms with van der Waals surface area (Å²) >= 11 is 0. The minimum atomic E-state index is 0. The fraction of sp³-hybridized carbons (Fsp3) is 0.533. The number of halogens is 1. The summed E-state index contributed by atoms with van der Waals surface area (Å²) in [5, 5.41) is 6.03. The molecular weight excluding hydrogens is 260 g/mol. The molecule has 0 atom stereocenters. The molecule has 0 unspecified atom stereocenters. The lowest BCUT2D eigenvalue weighted by Crippen LogP contribution is -2.24. The highest BCUT2D eigenvalue weighted by Gasteiger charge is 2.06. The lowest BCUT2D eigenvalue weighted by Gasteiger charge is -2.12. The number of aryl methyl sites for hydroxylation is 3. The number of amides is 1. The lowest BCUT2D eigenvalue weighted by atomic mass is 10.00. The Morgan fingerprint density at radius 3 is 2.26 bits per heavy atom. The van der Waals surface area contributed by atoms with Crippen LogP contribution in [0.1, 0.15) is 35.1 Å². The largest absolute Gasteiger partial charge is 0.352 e. The van der Waals surface area contributed by atoms with E-state index in [-0.39, 0.29) is 18.3 Å². The molecule has 1 aromatic rings. The van der Waals surface area contributed by atoms with Crippen molar-refractivity contribution >= 4 is 18.3 Å². The topological polar surface area (TPSA) is 41.1 Å². The average molecular weight is 285 g/mol. The molecule has 0 heterocycles. The van der Waals surface area contributed by atoms with E-state index in [4.69, 9.17) is 0 Å². The maximum atomic E-state index is 11.6.